The number of halogens is 3. The third kappa shape index (κ3) is 5.32. The van der Waals surface area contributed by atoms with Crippen molar-refractivity contribution < 1.29 is 13.2 Å². The van der Waals surface area contributed by atoms with Crippen molar-refractivity contribution in [3.8, 4) is 11.1 Å². The Morgan fingerprint density at radius 1 is 0.808 bits per heavy atom. The fraction of sp³-hybridized carbons (Fsp3) is 0.429. The first-order valence-electron chi connectivity index (χ1n) is 9.22. The Morgan fingerprint density at radius 3 is 1.96 bits per heavy atom. The molecular formula is C21H25F3N2. The van der Waals surface area contributed by atoms with Gasteiger partial charge in [0.15, 0.2) is 0 Å². The first-order chi connectivity index (χ1) is 12.5. The normalized spacial score (nSPS) is 16.0. The Bertz CT molecular complexity index is 672. The lowest BCUT2D eigenvalue weighted by molar-refractivity contribution is -0.137. The molecule has 0 bridgehead atoms. The van der Waals surface area contributed by atoms with E-state index in [0.717, 1.165) is 42.9 Å². The van der Waals surface area contributed by atoms with E-state index in [4.69, 9.17) is 0 Å². The molecule has 140 valence electrons. The van der Waals surface area contributed by atoms with Crippen LogP contribution in [0.4, 0.5) is 13.2 Å². The van der Waals surface area contributed by atoms with Crippen LogP contribution < -0.4 is 5.32 Å². The zero-order chi connectivity index (χ0) is 18.4. The molecule has 1 aliphatic rings. The van der Waals surface area contributed by atoms with E-state index in [2.05, 4.69) is 10.2 Å². The molecule has 1 fully saturated rings. The Labute approximate surface area is 153 Å². The van der Waals surface area contributed by atoms with Gasteiger partial charge in [-0.2, -0.15) is 13.2 Å². The quantitative estimate of drug-likeness (QED) is 0.732. The van der Waals surface area contributed by atoms with E-state index < -0.39 is 11.7 Å². The van der Waals surface area contributed by atoms with E-state index in [1.54, 1.807) is 0 Å². The largest absolute Gasteiger partial charge is 0.416 e. The standard InChI is InChI=1S/C21H25F3N2/c22-21(23,24)20-10-8-19(9-11-20)18-6-4-17(5-7-18)16-25-12-15-26-13-2-1-3-14-26/h4-11,25H,1-3,12-16H2. The van der Waals surface area contributed by atoms with E-state index in [1.807, 2.05) is 24.3 Å². The van der Waals surface area contributed by atoms with Gasteiger partial charge in [-0.05, 0) is 54.8 Å². The summed E-state index contributed by atoms with van der Waals surface area (Å²) in [7, 11) is 0. The van der Waals surface area contributed by atoms with E-state index in [-0.39, 0.29) is 0 Å². The smallest absolute Gasteiger partial charge is 0.311 e. The second-order valence-corrected chi connectivity index (χ2v) is 6.85. The molecule has 5 heteroatoms. The molecule has 0 amide bonds. The second kappa shape index (κ2) is 8.69. The zero-order valence-electron chi connectivity index (χ0n) is 14.9. The van der Waals surface area contributed by atoms with Gasteiger partial charge in [-0.25, -0.2) is 0 Å². The van der Waals surface area contributed by atoms with Crippen molar-refractivity contribution in [2.45, 2.75) is 32.0 Å². The van der Waals surface area contributed by atoms with Gasteiger partial charge in [0.25, 0.3) is 0 Å². The highest BCUT2D eigenvalue weighted by Crippen LogP contribution is 2.31. The molecule has 1 heterocycles. The first kappa shape index (κ1) is 18.9. The van der Waals surface area contributed by atoms with E-state index >= 15 is 0 Å². The highest BCUT2D eigenvalue weighted by molar-refractivity contribution is 5.64. The van der Waals surface area contributed by atoms with Crippen LogP contribution >= 0.6 is 0 Å². The predicted octanol–water partition coefficient (Wildman–Crippen LogP) is 4.95. The molecule has 0 aromatic heterocycles. The molecule has 0 radical (unpaired) electrons. The Morgan fingerprint density at radius 2 is 1.38 bits per heavy atom. The number of hydrogen-bond donors (Lipinski definition) is 1. The summed E-state index contributed by atoms with van der Waals surface area (Å²) in [5.41, 5.74) is 2.29. The molecule has 2 nitrogen and oxygen atoms in total. The summed E-state index contributed by atoms with van der Waals surface area (Å²) in [6.45, 7) is 5.29. The summed E-state index contributed by atoms with van der Waals surface area (Å²) in [5, 5.41) is 3.47. The van der Waals surface area contributed by atoms with Gasteiger partial charge in [0, 0.05) is 19.6 Å². The number of rotatable bonds is 6. The van der Waals surface area contributed by atoms with Gasteiger partial charge in [0.2, 0.25) is 0 Å². The molecule has 1 saturated heterocycles. The van der Waals surface area contributed by atoms with Gasteiger partial charge in [0.05, 0.1) is 5.56 Å². The van der Waals surface area contributed by atoms with Crippen molar-refractivity contribution >= 4 is 0 Å². The SMILES string of the molecule is FC(F)(F)c1ccc(-c2ccc(CNCCN3CCCCC3)cc2)cc1. The first-order valence-corrected chi connectivity index (χ1v) is 9.22. The fourth-order valence-corrected chi connectivity index (χ4v) is 3.32. The topological polar surface area (TPSA) is 15.3 Å². The summed E-state index contributed by atoms with van der Waals surface area (Å²) in [6.07, 6.45) is -0.311. The van der Waals surface area contributed by atoms with Gasteiger partial charge in [-0.15, -0.1) is 0 Å². The summed E-state index contributed by atoms with van der Waals surface area (Å²) < 4.78 is 37.9. The number of likely N-dealkylation sites (tertiary alicyclic amines) is 1. The van der Waals surface area contributed by atoms with Crippen molar-refractivity contribution in [1.29, 1.82) is 0 Å². The predicted molar refractivity (Wildman–Crippen MR) is 98.9 cm³/mol. The van der Waals surface area contributed by atoms with Crippen molar-refractivity contribution in [2.24, 2.45) is 0 Å². The summed E-state index contributed by atoms with van der Waals surface area (Å²) in [4.78, 5) is 2.50. The third-order valence-corrected chi connectivity index (χ3v) is 4.88. The molecular weight excluding hydrogens is 337 g/mol. The molecule has 0 aliphatic carbocycles. The number of hydrogen-bond acceptors (Lipinski definition) is 2. The van der Waals surface area contributed by atoms with Crippen molar-refractivity contribution in [3.63, 3.8) is 0 Å². The maximum Gasteiger partial charge on any atom is 0.416 e. The number of nitrogens with one attached hydrogen (secondary N) is 1. The molecule has 2 aromatic carbocycles. The van der Waals surface area contributed by atoms with Crippen LogP contribution in [0.2, 0.25) is 0 Å². The van der Waals surface area contributed by atoms with Crippen LogP contribution in [-0.2, 0) is 12.7 Å². The highest BCUT2D eigenvalue weighted by atomic mass is 19.4. The summed E-state index contributed by atoms with van der Waals surface area (Å²) in [6, 6.07) is 13.3. The number of benzene rings is 2. The monoisotopic (exact) mass is 362 g/mol. The van der Waals surface area contributed by atoms with Crippen molar-refractivity contribution in [2.75, 3.05) is 26.2 Å². The maximum absolute atomic E-state index is 12.6. The molecule has 0 atom stereocenters. The van der Waals surface area contributed by atoms with Crippen LogP contribution in [0.5, 0.6) is 0 Å². The van der Waals surface area contributed by atoms with Crippen molar-refractivity contribution in [3.05, 3.63) is 59.7 Å². The molecule has 0 spiro atoms. The van der Waals surface area contributed by atoms with Crippen molar-refractivity contribution in [1.82, 2.24) is 10.2 Å². The Balaban J connectivity index is 1.48. The van der Waals surface area contributed by atoms with Gasteiger partial charge < -0.3 is 10.2 Å². The minimum Gasteiger partial charge on any atom is -0.311 e. The molecule has 2 aromatic rings. The molecule has 0 unspecified atom stereocenters. The Kier molecular flexibility index (Phi) is 6.33. The second-order valence-electron chi connectivity index (χ2n) is 6.85. The van der Waals surface area contributed by atoms with Crippen LogP contribution in [0.15, 0.2) is 48.5 Å². The molecule has 1 N–H and O–H groups in total. The third-order valence-electron chi connectivity index (χ3n) is 4.88. The average molecular weight is 362 g/mol. The fourth-order valence-electron chi connectivity index (χ4n) is 3.32. The molecule has 26 heavy (non-hydrogen) atoms. The van der Waals surface area contributed by atoms with Crippen LogP contribution in [0.3, 0.4) is 0 Å². The van der Waals surface area contributed by atoms with E-state index in [9.17, 15) is 13.2 Å². The number of nitrogens with zero attached hydrogens (tertiary/aromatic N) is 1. The lowest BCUT2D eigenvalue weighted by Gasteiger charge is -2.26. The molecule has 0 saturated carbocycles. The van der Waals surface area contributed by atoms with Gasteiger partial charge in [0.1, 0.15) is 0 Å². The van der Waals surface area contributed by atoms with Gasteiger partial charge >= 0.3 is 6.18 Å². The molecule has 1 aliphatic heterocycles. The number of piperidine rings is 1. The minimum absolute atomic E-state index is 0.615. The van der Waals surface area contributed by atoms with E-state index in [0.29, 0.717) is 0 Å². The summed E-state index contributed by atoms with van der Waals surface area (Å²) >= 11 is 0. The van der Waals surface area contributed by atoms with Gasteiger partial charge in [-0.1, -0.05) is 42.8 Å². The minimum atomic E-state index is -4.29. The summed E-state index contributed by atoms with van der Waals surface area (Å²) in [5.74, 6) is 0. The van der Waals surface area contributed by atoms with Crippen LogP contribution in [0.25, 0.3) is 11.1 Å². The van der Waals surface area contributed by atoms with Crippen LogP contribution in [-0.4, -0.2) is 31.1 Å². The lowest BCUT2D eigenvalue weighted by Crippen LogP contribution is -2.35. The zero-order valence-corrected chi connectivity index (χ0v) is 14.9. The number of alkyl halides is 3. The maximum atomic E-state index is 12.6. The van der Waals surface area contributed by atoms with Crippen LogP contribution in [0, 0.1) is 0 Å². The van der Waals surface area contributed by atoms with E-state index in [1.165, 1.54) is 50.0 Å². The Hall–Kier alpha value is -1.85. The van der Waals surface area contributed by atoms with Crippen LogP contribution in [0.1, 0.15) is 30.4 Å². The lowest BCUT2D eigenvalue weighted by atomic mass is 10.0. The average Bonchev–Trinajstić information content (AvgIpc) is 2.66. The molecule has 3 rings (SSSR count). The van der Waals surface area contributed by atoms with Gasteiger partial charge in [-0.3, -0.25) is 0 Å². The highest BCUT2D eigenvalue weighted by Gasteiger charge is 2.29.